The lowest BCUT2D eigenvalue weighted by Gasteiger charge is -2.20. The van der Waals surface area contributed by atoms with Crippen LogP contribution in [0.5, 0.6) is 0 Å². The molecule has 0 bridgehead atoms. The Balaban J connectivity index is 1.88. The molecule has 0 aliphatic carbocycles. The zero-order chi connectivity index (χ0) is 22.1. The van der Waals surface area contributed by atoms with E-state index in [4.69, 9.17) is 9.15 Å². The Hall–Kier alpha value is -3.79. The van der Waals surface area contributed by atoms with Gasteiger partial charge in [-0.1, -0.05) is 11.3 Å². The summed E-state index contributed by atoms with van der Waals surface area (Å²) < 4.78 is 12.4. The minimum atomic E-state index is -0.723. The molecule has 9 nitrogen and oxygen atoms in total. The first kappa shape index (κ1) is 20.5. The lowest BCUT2D eigenvalue weighted by molar-refractivity contribution is -0.384. The van der Waals surface area contributed by atoms with E-state index in [2.05, 4.69) is 4.99 Å². The summed E-state index contributed by atoms with van der Waals surface area (Å²) in [7, 11) is 0. The van der Waals surface area contributed by atoms with Gasteiger partial charge in [-0.05, 0) is 49.8 Å². The van der Waals surface area contributed by atoms with Crippen LogP contribution >= 0.6 is 11.3 Å². The first-order valence-electron chi connectivity index (χ1n) is 9.38. The fourth-order valence-corrected chi connectivity index (χ4v) is 4.35. The van der Waals surface area contributed by atoms with Crippen molar-refractivity contribution in [1.29, 1.82) is 0 Å². The summed E-state index contributed by atoms with van der Waals surface area (Å²) in [6.07, 6.45) is 3.13. The minimum absolute atomic E-state index is 0.0338. The minimum Gasteiger partial charge on any atom is -0.467 e. The number of benzene rings is 1. The van der Waals surface area contributed by atoms with Crippen molar-refractivity contribution in [1.82, 2.24) is 4.57 Å². The Morgan fingerprint density at radius 1 is 1.35 bits per heavy atom. The number of hydrogen-bond acceptors (Lipinski definition) is 8. The molecule has 0 amide bonds. The Morgan fingerprint density at radius 3 is 2.71 bits per heavy atom. The lowest BCUT2D eigenvalue weighted by atomic mass is 10.0. The van der Waals surface area contributed by atoms with Crippen molar-refractivity contribution in [3.8, 4) is 0 Å². The van der Waals surface area contributed by atoms with E-state index in [0.29, 0.717) is 26.4 Å². The monoisotopic (exact) mass is 439 g/mol. The van der Waals surface area contributed by atoms with Crippen LogP contribution in [0.2, 0.25) is 0 Å². The summed E-state index contributed by atoms with van der Waals surface area (Å²) in [5.74, 6) is -0.0924. The smallest absolute Gasteiger partial charge is 0.338 e. The maximum Gasteiger partial charge on any atom is 0.338 e. The van der Waals surface area contributed by atoms with E-state index in [9.17, 15) is 19.7 Å². The number of hydrogen-bond donors (Lipinski definition) is 0. The number of ether oxygens (including phenoxy) is 1. The fraction of sp³-hybridized carbons (Fsp3) is 0.190. The van der Waals surface area contributed by atoms with E-state index in [0.717, 1.165) is 0 Å². The number of carbonyl (C=O) groups is 1. The molecule has 0 saturated carbocycles. The standard InChI is InChI=1S/C21H17N3O6S/c1-3-29-20(26)17-12(2)23-19(25)16(11-13-6-8-14(9-7-13)24(27)28)31-21(23)22-18(17)15-5-4-10-30-15/h4-11,18H,3H2,1-2H3/b16-11-/t18-/m1/s1. The summed E-state index contributed by atoms with van der Waals surface area (Å²) in [5.41, 5.74) is 0.935. The molecule has 158 valence electrons. The van der Waals surface area contributed by atoms with Gasteiger partial charge in [0, 0.05) is 17.8 Å². The van der Waals surface area contributed by atoms with E-state index in [1.54, 1.807) is 44.2 Å². The first-order chi connectivity index (χ1) is 14.9. The van der Waals surface area contributed by atoms with Gasteiger partial charge in [0.25, 0.3) is 11.2 Å². The van der Waals surface area contributed by atoms with Crippen LogP contribution in [0.4, 0.5) is 5.69 Å². The lowest BCUT2D eigenvalue weighted by Crippen LogP contribution is -2.35. The maximum absolute atomic E-state index is 13.1. The second kappa shape index (κ2) is 8.15. The number of nitro benzene ring substituents is 1. The summed E-state index contributed by atoms with van der Waals surface area (Å²) in [6, 6.07) is 8.57. The highest BCUT2D eigenvalue weighted by Crippen LogP contribution is 2.32. The van der Waals surface area contributed by atoms with Crippen LogP contribution in [0.25, 0.3) is 11.8 Å². The summed E-state index contributed by atoms with van der Waals surface area (Å²) in [5, 5.41) is 10.8. The van der Waals surface area contributed by atoms with Crippen LogP contribution in [0, 0.1) is 10.1 Å². The van der Waals surface area contributed by atoms with Crippen molar-refractivity contribution < 1.29 is 18.9 Å². The summed E-state index contributed by atoms with van der Waals surface area (Å²) >= 11 is 1.17. The number of carbonyl (C=O) groups excluding carboxylic acids is 1. The topological polar surface area (TPSA) is 117 Å². The van der Waals surface area contributed by atoms with Gasteiger partial charge in [-0.25, -0.2) is 9.79 Å². The normalized spacial score (nSPS) is 16.1. The Labute approximate surface area is 179 Å². The van der Waals surface area contributed by atoms with Crippen molar-refractivity contribution in [2.75, 3.05) is 6.61 Å². The Morgan fingerprint density at radius 2 is 2.10 bits per heavy atom. The highest BCUT2D eigenvalue weighted by atomic mass is 32.1. The van der Waals surface area contributed by atoms with E-state index in [1.807, 2.05) is 0 Å². The number of aromatic nitrogens is 1. The SMILES string of the molecule is CCOC(=O)C1=C(C)n2c(s/c(=C\c3ccc([N+](=O)[O-])cc3)c2=O)=N[C@@H]1c1ccco1. The molecular weight excluding hydrogens is 422 g/mol. The van der Waals surface area contributed by atoms with Crippen LogP contribution in [-0.2, 0) is 9.53 Å². The molecule has 3 aromatic rings. The molecule has 0 saturated heterocycles. The molecule has 0 unspecified atom stereocenters. The van der Waals surface area contributed by atoms with Crippen molar-refractivity contribution in [2.45, 2.75) is 19.9 Å². The second-order valence-corrected chi connectivity index (χ2v) is 7.66. The summed E-state index contributed by atoms with van der Waals surface area (Å²) in [6.45, 7) is 3.56. The average molecular weight is 439 g/mol. The number of rotatable bonds is 5. The highest BCUT2D eigenvalue weighted by molar-refractivity contribution is 7.07. The molecule has 1 aliphatic heterocycles. The fourth-order valence-electron chi connectivity index (χ4n) is 3.31. The number of nitrogens with zero attached hydrogens (tertiary/aromatic N) is 3. The third-order valence-corrected chi connectivity index (χ3v) is 5.74. The molecule has 0 spiro atoms. The van der Waals surface area contributed by atoms with Gasteiger partial charge in [-0.3, -0.25) is 19.5 Å². The Bertz CT molecular complexity index is 1360. The molecule has 0 fully saturated rings. The number of furan rings is 1. The van der Waals surface area contributed by atoms with E-state index in [-0.39, 0.29) is 23.4 Å². The average Bonchev–Trinajstić information content (AvgIpc) is 3.37. The van der Waals surface area contributed by atoms with E-state index < -0.39 is 16.9 Å². The molecule has 1 aromatic carbocycles. The summed E-state index contributed by atoms with van der Waals surface area (Å²) in [4.78, 5) is 41.1. The van der Waals surface area contributed by atoms with E-state index in [1.165, 1.54) is 34.3 Å². The van der Waals surface area contributed by atoms with Crippen molar-refractivity contribution in [3.63, 3.8) is 0 Å². The van der Waals surface area contributed by atoms with Crippen LogP contribution in [-0.4, -0.2) is 22.1 Å². The third kappa shape index (κ3) is 3.73. The van der Waals surface area contributed by atoms with Crippen LogP contribution in [0.1, 0.15) is 31.2 Å². The largest absolute Gasteiger partial charge is 0.467 e. The van der Waals surface area contributed by atoms with Crippen molar-refractivity contribution >= 4 is 34.8 Å². The highest BCUT2D eigenvalue weighted by Gasteiger charge is 2.32. The van der Waals surface area contributed by atoms with Gasteiger partial charge in [0.1, 0.15) is 11.8 Å². The second-order valence-electron chi connectivity index (χ2n) is 6.65. The molecular formula is C21H17N3O6S. The maximum atomic E-state index is 13.1. The van der Waals surface area contributed by atoms with Gasteiger partial charge in [0.05, 0.1) is 27.9 Å². The van der Waals surface area contributed by atoms with Crippen molar-refractivity contribution in [3.05, 3.63) is 89.4 Å². The molecule has 0 radical (unpaired) electrons. The first-order valence-corrected chi connectivity index (χ1v) is 10.2. The molecule has 0 N–H and O–H groups in total. The van der Waals surface area contributed by atoms with Gasteiger partial charge < -0.3 is 9.15 Å². The molecule has 1 aliphatic rings. The van der Waals surface area contributed by atoms with Crippen molar-refractivity contribution in [2.24, 2.45) is 4.99 Å². The molecule has 1 atom stereocenters. The van der Waals surface area contributed by atoms with Crippen LogP contribution in [0.3, 0.4) is 0 Å². The molecule has 3 heterocycles. The number of fused-ring (bicyclic) bond motifs is 1. The van der Waals surface area contributed by atoms with Gasteiger partial charge in [-0.2, -0.15) is 0 Å². The van der Waals surface area contributed by atoms with Crippen LogP contribution < -0.4 is 14.9 Å². The van der Waals surface area contributed by atoms with Gasteiger partial charge in [0.15, 0.2) is 4.80 Å². The number of allylic oxidation sites excluding steroid dienone is 1. The zero-order valence-corrected chi connectivity index (χ0v) is 17.4. The van der Waals surface area contributed by atoms with E-state index >= 15 is 0 Å². The molecule has 31 heavy (non-hydrogen) atoms. The number of nitro groups is 1. The molecule has 10 heteroatoms. The Kier molecular flexibility index (Phi) is 5.38. The van der Waals surface area contributed by atoms with Gasteiger partial charge in [0.2, 0.25) is 0 Å². The molecule has 4 rings (SSSR count). The predicted octanol–water partition coefficient (Wildman–Crippen LogP) is 2.41. The predicted molar refractivity (Wildman–Crippen MR) is 113 cm³/mol. The number of esters is 1. The number of thiazole rings is 1. The third-order valence-electron chi connectivity index (χ3n) is 4.75. The van der Waals surface area contributed by atoms with Crippen LogP contribution in [0.15, 0.2) is 62.4 Å². The number of non-ortho nitro benzene ring substituents is 1. The zero-order valence-electron chi connectivity index (χ0n) is 16.6. The quantitative estimate of drug-likeness (QED) is 0.342. The van der Waals surface area contributed by atoms with Gasteiger partial charge >= 0.3 is 5.97 Å². The van der Waals surface area contributed by atoms with Gasteiger partial charge in [-0.15, -0.1) is 0 Å². The molecule has 2 aromatic heterocycles.